The minimum atomic E-state index is -4.36. The number of aromatic amines is 1. The normalized spacial score (nSPS) is 11.4. The highest BCUT2D eigenvalue weighted by atomic mass is 19.4. The molecule has 0 unspecified atom stereocenters. The lowest BCUT2D eigenvalue weighted by atomic mass is 10.2. The molecule has 2 aromatic heterocycles. The van der Waals surface area contributed by atoms with Crippen LogP contribution in [0, 0.1) is 0 Å². The molecule has 112 valence electrons. The quantitative estimate of drug-likeness (QED) is 0.777. The Hall–Kier alpha value is -2.97. The molecule has 1 aromatic carbocycles. The second kappa shape index (κ2) is 5.43. The molecule has 0 fully saturated rings. The fourth-order valence-corrected chi connectivity index (χ4v) is 1.84. The average molecular weight is 306 g/mol. The number of aromatic nitrogens is 5. The summed E-state index contributed by atoms with van der Waals surface area (Å²) in [6.45, 7) is 0. The van der Waals surface area contributed by atoms with Crippen LogP contribution in [0.25, 0.3) is 11.4 Å². The third-order valence-electron chi connectivity index (χ3n) is 2.87. The van der Waals surface area contributed by atoms with Gasteiger partial charge in [-0.15, -0.1) is 10.2 Å². The van der Waals surface area contributed by atoms with E-state index in [0.717, 1.165) is 12.1 Å². The van der Waals surface area contributed by atoms with Gasteiger partial charge in [0.15, 0.2) is 0 Å². The van der Waals surface area contributed by atoms with Gasteiger partial charge in [-0.1, -0.05) is 0 Å². The lowest BCUT2D eigenvalue weighted by Crippen LogP contribution is -2.04. The number of hydrogen-bond donors (Lipinski definition) is 2. The van der Waals surface area contributed by atoms with E-state index in [2.05, 4.69) is 30.9 Å². The Kier molecular flexibility index (Phi) is 3.45. The number of nitrogens with zero attached hydrogens (tertiary/aromatic N) is 4. The Morgan fingerprint density at radius 2 is 1.82 bits per heavy atom. The Balaban J connectivity index is 1.88. The first-order valence-electron chi connectivity index (χ1n) is 6.17. The molecule has 0 saturated carbocycles. The lowest BCUT2D eigenvalue weighted by Gasteiger charge is -2.10. The van der Waals surface area contributed by atoms with Crippen LogP contribution in [0.15, 0.2) is 42.6 Å². The van der Waals surface area contributed by atoms with Gasteiger partial charge in [0, 0.05) is 11.9 Å². The Morgan fingerprint density at radius 1 is 1.05 bits per heavy atom. The Bertz CT molecular complexity index is 752. The van der Waals surface area contributed by atoms with Gasteiger partial charge in [0.1, 0.15) is 5.82 Å². The highest BCUT2D eigenvalue weighted by Crippen LogP contribution is 2.31. The second-order valence-corrected chi connectivity index (χ2v) is 4.34. The van der Waals surface area contributed by atoms with E-state index >= 15 is 0 Å². The van der Waals surface area contributed by atoms with Crippen molar-refractivity contribution in [1.29, 1.82) is 0 Å². The molecule has 0 amide bonds. The third-order valence-corrected chi connectivity index (χ3v) is 2.87. The number of rotatable bonds is 3. The molecule has 0 saturated heterocycles. The topological polar surface area (TPSA) is 79.4 Å². The van der Waals surface area contributed by atoms with E-state index in [9.17, 15) is 13.2 Å². The van der Waals surface area contributed by atoms with Crippen molar-refractivity contribution in [3.63, 3.8) is 0 Å². The lowest BCUT2D eigenvalue weighted by molar-refractivity contribution is -0.137. The zero-order chi connectivity index (χ0) is 15.6. The highest BCUT2D eigenvalue weighted by molar-refractivity contribution is 5.73. The van der Waals surface area contributed by atoms with Crippen molar-refractivity contribution in [2.45, 2.75) is 6.18 Å². The first-order chi connectivity index (χ1) is 10.5. The van der Waals surface area contributed by atoms with E-state index < -0.39 is 11.7 Å². The molecular weight excluding hydrogens is 297 g/mol. The summed E-state index contributed by atoms with van der Waals surface area (Å²) >= 11 is 0. The van der Waals surface area contributed by atoms with Crippen molar-refractivity contribution in [1.82, 2.24) is 25.6 Å². The molecule has 0 aliphatic carbocycles. The number of H-pyrrole nitrogens is 1. The van der Waals surface area contributed by atoms with E-state index in [1.165, 1.54) is 12.1 Å². The van der Waals surface area contributed by atoms with Crippen LogP contribution in [0.2, 0.25) is 0 Å². The maximum atomic E-state index is 12.5. The zero-order valence-electron chi connectivity index (χ0n) is 11.0. The molecule has 2 N–H and O–H groups in total. The minimum Gasteiger partial charge on any atom is -0.340 e. The number of nitrogens with one attached hydrogen (secondary N) is 2. The molecule has 6 nitrogen and oxygen atoms in total. The molecule has 9 heteroatoms. The maximum absolute atomic E-state index is 12.5. The van der Waals surface area contributed by atoms with Crippen LogP contribution in [-0.2, 0) is 6.18 Å². The minimum absolute atomic E-state index is 0.336. The summed E-state index contributed by atoms with van der Waals surface area (Å²) in [7, 11) is 0. The van der Waals surface area contributed by atoms with Crippen molar-refractivity contribution in [2.75, 3.05) is 5.32 Å². The van der Waals surface area contributed by atoms with Gasteiger partial charge in [-0.25, -0.2) is 4.98 Å². The van der Waals surface area contributed by atoms with Gasteiger partial charge in [-0.2, -0.15) is 18.4 Å². The predicted octanol–water partition coefficient (Wildman–Crippen LogP) is 3.02. The molecule has 3 aromatic rings. The summed E-state index contributed by atoms with van der Waals surface area (Å²) in [4.78, 5) is 4.15. The SMILES string of the molecule is FC(F)(F)c1ccc(Nc2ncccc2-c2nn[nH]n2)cc1. The zero-order valence-corrected chi connectivity index (χ0v) is 11.0. The van der Waals surface area contributed by atoms with E-state index in [4.69, 9.17) is 0 Å². The van der Waals surface area contributed by atoms with Crippen molar-refractivity contribution < 1.29 is 13.2 Å². The van der Waals surface area contributed by atoms with Crippen LogP contribution in [-0.4, -0.2) is 25.6 Å². The van der Waals surface area contributed by atoms with E-state index in [1.807, 2.05) is 0 Å². The van der Waals surface area contributed by atoms with Gasteiger partial charge >= 0.3 is 6.18 Å². The van der Waals surface area contributed by atoms with E-state index in [1.54, 1.807) is 18.3 Å². The maximum Gasteiger partial charge on any atom is 0.416 e. The monoisotopic (exact) mass is 306 g/mol. The van der Waals surface area contributed by atoms with Crippen molar-refractivity contribution >= 4 is 11.5 Å². The molecule has 22 heavy (non-hydrogen) atoms. The number of halogens is 3. The summed E-state index contributed by atoms with van der Waals surface area (Å²) in [5.74, 6) is 0.756. The van der Waals surface area contributed by atoms with E-state index in [-0.39, 0.29) is 0 Å². The van der Waals surface area contributed by atoms with Crippen LogP contribution in [0.4, 0.5) is 24.7 Å². The standard InChI is InChI=1S/C13H9F3N6/c14-13(15,16)8-3-5-9(6-4-8)18-11-10(2-1-7-17-11)12-19-21-22-20-12/h1-7H,(H,17,18)(H,19,20,21,22). The largest absolute Gasteiger partial charge is 0.416 e. The highest BCUT2D eigenvalue weighted by Gasteiger charge is 2.29. The molecule has 2 heterocycles. The number of benzene rings is 1. The third kappa shape index (κ3) is 2.87. The van der Waals surface area contributed by atoms with Crippen molar-refractivity contribution in [2.24, 2.45) is 0 Å². The van der Waals surface area contributed by atoms with Crippen LogP contribution < -0.4 is 5.32 Å². The van der Waals surface area contributed by atoms with Crippen molar-refractivity contribution in [3.8, 4) is 11.4 Å². The fraction of sp³-hybridized carbons (Fsp3) is 0.0769. The molecule has 0 spiro atoms. The molecule has 3 rings (SSSR count). The van der Waals surface area contributed by atoms with Crippen LogP contribution in [0.1, 0.15) is 5.56 Å². The fourth-order valence-electron chi connectivity index (χ4n) is 1.84. The van der Waals surface area contributed by atoms with E-state index in [0.29, 0.717) is 22.9 Å². The second-order valence-electron chi connectivity index (χ2n) is 4.34. The van der Waals surface area contributed by atoms with Crippen LogP contribution >= 0.6 is 0 Å². The molecule has 0 aliphatic heterocycles. The molecule has 0 bridgehead atoms. The number of pyridine rings is 1. The van der Waals surface area contributed by atoms with Gasteiger partial charge in [-0.3, -0.25) is 0 Å². The first kappa shape index (κ1) is 14.0. The summed E-state index contributed by atoms with van der Waals surface area (Å²) in [6.07, 6.45) is -2.81. The summed E-state index contributed by atoms with van der Waals surface area (Å²) in [5, 5.41) is 16.5. The molecule has 0 radical (unpaired) electrons. The predicted molar refractivity (Wildman–Crippen MR) is 72.1 cm³/mol. The van der Waals surface area contributed by atoms with Crippen molar-refractivity contribution in [3.05, 3.63) is 48.2 Å². The van der Waals surface area contributed by atoms with Crippen LogP contribution in [0.3, 0.4) is 0 Å². The molecule has 0 aliphatic rings. The van der Waals surface area contributed by atoms with Crippen LogP contribution in [0.5, 0.6) is 0 Å². The summed E-state index contributed by atoms with van der Waals surface area (Å²) in [6, 6.07) is 8.08. The van der Waals surface area contributed by atoms with Gasteiger partial charge in [0.05, 0.1) is 11.1 Å². The molecule has 0 atom stereocenters. The Labute approximate surface area is 122 Å². The summed E-state index contributed by atoms with van der Waals surface area (Å²) in [5.41, 5.74) is 0.338. The number of anilines is 2. The summed E-state index contributed by atoms with van der Waals surface area (Å²) < 4.78 is 37.6. The smallest absolute Gasteiger partial charge is 0.340 e. The van der Waals surface area contributed by atoms with Gasteiger partial charge in [-0.05, 0) is 41.6 Å². The molecular formula is C13H9F3N6. The van der Waals surface area contributed by atoms with Gasteiger partial charge in [0.2, 0.25) is 5.82 Å². The van der Waals surface area contributed by atoms with Gasteiger partial charge in [0.25, 0.3) is 0 Å². The number of tetrazole rings is 1. The average Bonchev–Trinajstić information content (AvgIpc) is 3.01. The number of alkyl halides is 3. The van der Waals surface area contributed by atoms with Gasteiger partial charge < -0.3 is 5.32 Å². The first-order valence-corrected chi connectivity index (χ1v) is 6.17. The number of hydrogen-bond acceptors (Lipinski definition) is 5. The Morgan fingerprint density at radius 3 is 2.45 bits per heavy atom.